The summed E-state index contributed by atoms with van der Waals surface area (Å²) in [7, 11) is 0. The maximum atomic E-state index is 9.09. The predicted octanol–water partition coefficient (Wildman–Crippen LogP) is 5.88. The second kappa shape index (κ2) is 8.16. The first-order valence-corrected chi connectivity index (χ1v) is 10.4. The second-order valence-corrected chi connectivity index (χ2v) is 8.04. The summed E-state index contributed by atoms with van der Waals surface area (Å²) in [6.45, 7) is 0. The molecule has 1 heterocycles. The Balaban J connectivity index is 1.66. The highest BCUT2D eigenvalue weighted by atomic mass is 35.5. The van der Waals surface area contributed by atoms with Crippen LogP contribution in [0.15, 0.2) is 53.7 Å². The van der Waals surface area contributed by atoms with E-state index in [-0.39, 0.29) is 0 Å². The van der Waals surface area contributed by atoms with Crippen LogP contribution < -0.4 is 0 Å². The first-order chi connectivity index (χ1) is 13.3. The Morgan fingerprint density at radius 3 is 2.70 bits per heavy atom. The van der Waals surface area contributed by atoms with Gasteiger partial charge in [0.05, 0.1) is 16.7 Å². The Morgan fingerprint density at radius 2 is 1.93 bits per heavy atom. The van der Waals surface area contributed by atoms with Crippen molar-refractivity contribution >= 4 is 23.4 Å². The van der Waals surface area contributed by atoms with Crippen LogP contribution >= 0.6 is 23.4 Å². The van der Waals surface area contributed by atoms with Gasteiger partial charge in [0.2, 0.25) is 0 Å². The summed E-state index contributed by atoms with van der Waals surface area (Å²) in [5, 5.41) is 19.7. The van der Waals surface area contributed by atoms with Crippen LogP contribution in [0.2, 0.25) is 5.02 Å². The molecule has 0 saturated heterocycles. The summed E-state index contributed by atoms with van der Waals surface area (Å²) < 4.78 is 2.27. The van der Waals surface area contributed by atoms with Gasteiger partial charge in [0.25, 0.3) is 0 Å². The van der Waals surface area contributed by atoms with Crippen LogP contribution in [0.3, 0.4) is 0 Å². The summed E-state index contributed by atoms with van der Waals surface area (Å²) in [5.74, 6) is 1.60. The maximum absolute atomic E-state index is 9.09. The van der Waals surface area contributed by atoms with Gasteiger partial charge in [-0.25, -0.2) is 0 Å². The van der Waals surface area contributed by atoms with E-state index in [0.717, 1.165) is 40.7 Å². The van der Waals surface area contributed by atoms with Gasteiger partial charge in [-0.1, -0.05) is 60.5 Å². The van der Waals surface area contributed by atoms with Gasteiger partial charge in [0, 0.05) is 17.4 Å². The highest BCUT2D eigenvalue weighted by molar-refractivity contribution is 7.98. The quantitative estimate of drug-likeness (QED) is 0.507. The van der Waals surface area contributed by atoms with E-state index < -0.39 is 0 Å². The summed E-state index contributed by atoms with van der Waals surface area (Å²) >= 11 is 8.10. The van der Waals surface area contributed by atoms with Crippen molar-refractivity contribution in [2.24, 2.45) is 0 Å². The molecule has 6 heteroatoms. The molecule has 0 spiro atoms. The minimum atomic E-state index is 0.416. The van der Waals surface area contributed by atoms with Crippen molar-refractivity contribution in [2.45, 2.75) is 42.6 Å². The van der Waals surface area contributed by atoms with E-state index in [2.05, 4.69) is 20.8 Å². The molecule has 0 amide bonds. The number of aromatic nitrogens is 3. The minimum Gasteiger partial charge on any atom is -0.299 e. The molecule has 0 N–H and O–H groups in total. The van der Waals surface area contributed by atoms with Gasteiger partial charge in [-0.3, -0.25) is 4.57 Å². The molecule has 0 atom stereocenters. The highest BCUT2D eigenvalue weighted by Gasteiger charge is 2.25. The van der Waals surface area contributed by atoms with Crippen molar-refractivity contribution in [1.29, 1.82) is 5.26 Å². The lowest BCUT2D eigenvalue weighted by Crippen LogP contribution is -2.08. The normalized spacial score (nSPS) is 14.4. The number of hydrogen-bond donors (Lipinski definition) is 0. The molecular formula is C21H19ClN4S. The molecule has 1 aromatic heterocycles. The van der Waals surface area contributed by atoms with Crippen LogP contribution in [0.1, 0.15) is 42.9 Å². The van der Waals surface area contributed by atoms with E-state index in [1.54, 1.807) is 11.8 Å². The lowest BCUT2D eigenvalue weighted by molar-refractivity contribution is 0.485. The van der Waals surface area contributed by atoms with E-state index in [1.807, 2.05) is 48.5 Å². The van der Waals surface area contributed by atoms with Crippen LogP contribution in [0, 0.1) is 11.3 Å². The summed E-state index contributed by atoms with van der Waals surface area (Å²) in [6.07, 6.45) is 4.76. The topological polar surface area (TPSA) is 54.5 Å². The number of nitriles is 1. The van der Waals surface area contributed by atoms with Crippen molar-refractivity contribution < 1.29 is 0 Å². The monoisotopic (exact) mass is 394 g/mol. The Bertz CT molecular complexity index is 986. The zero-order valence-electron chi connectivity index (χ0n) is 14.8. The molecule has 27 heavy (non-hydrogen) atoms. The molecule has 0 radical (unpaired) electrons. The minimum absolute atomic E-state index is 0.416. The average molecular weight is 395 g/mol. The molecule has 3 aromatic rings. The van der Waals surface area contributed by atoms with Gasteiger partial charge in [-0.2, -0.15) is 5.26 Å². The molecule has 0 bridgehead atoms. The van der Waals surface area contributed by atoms with E-state index in [1.165, 1.54) is 12.8 Å². The van der Waals surface area contributed by atoms with Gasteiger partial charge >= 0.3 is 0 Å². The van der Waals surface area contributed by atoms with Crippen LogP contribution in [-0.2, 0) is 5.75 Å². The lowest BCUT2D eigenvalue weighted by atomic mass is 10.2. The Hall–Kier alpha value is -2.29. The first-order valence-electron chi connectivity index (χ1n) is 9.08. The van der Waals surface area contributed by atoms with E-state index in [0.29, 0.717) is 16.6 Å². The fourth-order valence-corrected chi connectivity index (χ4v) is 4.74. The van der Waals surface area contributed by atoms with E-state index in [4.69, 9.17) is 16.9 Å². The number of rotatable bonds is 5. The molecular weight excluding hydrogens is 376 g/mol. The molecule has 1 fully saturated rings. The first kappa shape index (κ1) is 18.1. The van der Waals surface area contributed by atoms with Crippen molar-refractivity contribution in [3.05, 3.63) is 64.7 Å². The smallest absolute Gasteiger partial charge is 0.192 e. The number of hydrogen-bond acceptors (Lipinski definition) is 4. The molecule has 4 rings (SSSR count). The number of halogens is 1. The maximum Gasteiger partial charge on any atom is 0.192 e. The van der Waals surface area contributed by atoms with Crippen LogP contribution in [0.25, 0.3) is 11.4 Å². The molecule has 1 aliphatic rings. The lowest BCUT2D eigenvalue weighted by Gasteiger charge is -2.17. The predicted molar refractivity (Wildman–Crippen MR) is 109 cm³/mol. The third kappa shape index (κ3) is 3.87. The van der Waals surface area contributed by atoms with Crippen molar-refractivity contribution in [3.63, 3.8) is 0 Å². The van der Waals surface area contributed by atoms with Gasteiger partial charge in [0.15, 0.2) is 11.0 Å². The molecule has 1 saturated carbocycles. The van der Waals surface area contributed by atoms with Crippen LogP contribution in [0.4, 0.5) is 0 Å². The Morgan fingerprint density at radius 1 is 1.11 bits per heavy atom. The summed E-state index contributed by atoms with van der Waals surface area (Å²) in [6, 6.07) is 18.1. The van der Waals surface area contributed by atoms with Crippen molar-refractivity contribution in [3.8, 4) is 17.5 Å². The van der Waals surface area contributed by atoms with Gasteiger partial charge in [-0.05, 0) is 42.7 Å². The zero-order chi connectivity index (χ0) is 18.6. The third-order valence-corrected chi connectivity index (χ3v) is 6.24. The fraction of sp³-hybridized carbons (Fsp3) is 0.286. The number of nitrogens with zero attached hydrogens (tertiary/aromatic N) is 4. The van der Waals surface area contributed by atoms with Gasteiger partial charge in [-0.15, -0.1) is 10.2 Å². The van der Waals surface area contributed by atoms with Gasteiger partial charge in [0.1, 0.15) is 0 Å². The highest BCUT2D eigenvalue weighted by Crippen LogP contribution is 2.38. The Kier molecular flexibility index (Phi) is 5.47. The van der Waals surface area contributed by atoms with Crippen LogP contribution in [-0.4, -0.2) is 14.8 Å². The zero-order valence-corrected chi connectivity index (χ0v) is 16.4. The fourth-order valence-electron chi connectivity index (χ4n) is 3.57. The molecule has 0 unspecified atom stereocenters. The van der Waals surface area contributed by atoms with Crippen molar-refractivity contribution in [1.82, 2.24) is 14.8 Å². The molecule has 0 aliphatic heterocycles. The van der Waals surface area contributed by atoms with Crippen LogP contribution in [0.5, 0.6) is 0 Å². The molecule has 136 valence electrons. The average Bonchev–Trinajstić information content (AvgIpc) is 3.36. The van der Waals surface area contributed by atoms with E-state index >= 15 is 0 Å². The SMILES string of the molecule is N#Cc1cccc(CSc2nnc(-c3ccccc3Cl)n2C2CCCC2)c1. The number of thioether (sulfide) groups is 1. The molecule has 4 nitrogen and oxygen atoms in total. The summed E-state index contributed by atoms with van der Waals surface area (Å²) in [5.41, 5.74) is 2.72. The molecule has 1 aliphatic carbocycles. The largest absolute Gasteiger partial charge is 0.299 e. The standard InChI is InChI=1S/C21H19ClN4S/c22-19-11-4-3-10-18(19)20-24-25-21(26(20)17-8-1-2-9-17)27-14-16-7-5-6-15(12-16)13-23/h3-7,10-12,17H,1-2,8-9,14H2. The third-order valence-electron chi connectivity index (χ3n) is 4.89. The second-order valence-electron chi connectivity index (χ2n) is 6.70. The molecule has 2 aromatic carbocycles. The number of benzene rings is 2. The Labute approximate surface area is 168 Å². The van der Waals surface area contributed by atoms with Gasteiger partial charge < -0.3 is 0 Å². The van der Waals surface area contributed by atoms with Crippen molar-refractivity contribution in [2.75, 3.05) is 0 Å². The van der Waals surface area contributed by atoms with E-state index in [9.17, 15) is 0 Å². The summed E-state index contributed by atoms with van der Waals surface area (Å²) in [4.78, 5) is 0.